The monoisotopic (exact) mass is 271 g/mol. The maximum absolute atomic E-state index is 5.60. The fourth-order valence-electron chi connectivity index (χ4n) is 1.68. The highest BCUT2D eigenvalue weighted by Gasteiger charge is 1.97. The minimum atomic E-state index is 0.535. The van der Waals surface area contributed by atoms with Gasteiger partial charge in [-0.25, -0.2) is 4.98 Å². The number of aromatic nitrogens is 1. The van der Waals surface area contributed by atoms with Gasteiger partial charge >= 0.3 is 0 Å². The van der Waals surface area contributed by atoms with Gasteiger partial charge in [0.15, 0.2) is 0 Å². The van der Waals surface area contributed by atoms with E-state index in [0.29, 0.717) is 17.7 Å². The number of hydrogen-bond donors (Lipinski definition) is 2. The van der Waals surface area contributed by atoms with E-state index in [-0.39, 0.29) is 0 Å². The van der Waals surface area contributed by atoms with Gasteiger partial charge < -0.3 is 11.5 Å². The summed E-state index contributed by atoms with van der Waals surface area (Å²) >= 11 is 0. The molecule has 0 radical (unpaired) electrons. The minimum Gasteiger partial charge on any atom is -0.399 e. The number of nitrogens with zero attached hydrogens (tertiary/aromatic N) is 1. The zero-order valence-corrected chi connectivity index (χ0v) is 12.8. The largest absolute Gasteiger partial charge is 0.399 e. The van der Waals surface area contributed by atoms with Crippen LogP contribution in [0.25, 0.3) is 0 Å². The lowest BCUT2D eigenvalue weighted by atomic mass is 10.0. The molecule has 0 saturated carbocycles. The predicted molar refractivity (Wildman–Crippen MR) is 87.7 cm³/mol. The van der Waals surface area contributed by atoms with Crippen LogP contribution >= 0.6 is 0 Å². The highest BCUT2D eigenvalue weighted by Crippen LogP contribution is 2.16. The van der Waals surface area contributed by atoms with Gasteiger partial charge in [0.25, 0.3) is 0 Å². The van der Waals surface area contributed by atoms with Crippen molar-refractivity contribution in [3.63, 3.8) is 0 Å². The highest BCUT2D eigenvalue weighted by molar-refractivity contribution is 5.41. The van der Waals surface area contributed by atoms with Gasteiger partial charge in [-0.05, 0) is 41.2 Å². The van der Waals surface area contributed by atoms with Gasteiger partial charge in [0.2, 0.25) is 0 Å². The summed E-state index contributed by atoms with van der Waals surface area (Å²) < 4.78 is 0. The molecule has 0 bridgehead atoms. The second kappa shape index (κ2) is 7.53. The lowest BCUT2D eigenvalue weighted by Crippen LogP contribution is -1.92. The Kier molecular flexibility index (Phi) is 6.04. The van der Waals surface area contributed by atoms with Crippen molar-refractivity contribution in [1.29, 1.82) is 0 Å². The molecule has 2 aromatic rings. The maximum atomic E-state index is 5.60. The molecule has 0 spiro atoms. The molecule has 0 unspecified atom stereocenters. The first-order valence-corrected chi connectivity index (χ1v) is 6.97. The third-order valence-electron chi connectivity index (χ3n) is 3.05. The van der Waals surface area contributed by atoms with Crippen molar-refractivity contribution in [2.24, 2.45) is 0 Å². The smallest absolute Gasteiger partial charge is 0.123 e. The van der Waals surface area contributed by atoms with E-state index < -0.39 is 0 Å². The molecule has 20 heavy (non-hydrogen) atoms. The van der Waals surface area contributed by atoms with Crippen molar-refractivity contribution >= 4 is 11.5 Å². The van der Waals surface area contributed by atoms with E-state index in [0.717, 1.165) is 5.69 Å². The Morgan fingerprint density at radius 1 is 0.850 bits per heavy atom. The summed E-state index contributed by atoms with van der Waals surface area (Å²) in [6.07, 6.45) is 1.82. The first-order valence-electron chi connectivity index (χ1n) is 6.97. The molecule has 2 rings (SSSR count). The van der Waals surface area contributed by atoms with E-state index in [9.17, 15) is 0 Å². The van der Waals surface area contributed by atoms with Crippen LogP contribution in [-0.2, 0) is 0 Å². The van der Waals surface area contributed by atoms with Crippen LogP contribution in [0.15, 0.2) is 42.6 Å². The number of rotatable bonds is 2. The fourth-order valence-corrected chi connectivity index (χ4v) is 1.68. The number of hydrogen-bond acceptors (Lipinski definition) is 3. The Morgan fingerprint density at radius 2 is 1.50 bits per heavy atom. The van der Waals surface area contributed by atoms with Gasteiger partial charge in [-0.2, -0.15) is 0 Å². The van der Waals surface area contributed by atoms with Gasteiger partial charge in [-0.1, -0.05) is 45.9 Å². The molecule has 0 saturated heterocycles. The summed E-state index contributed by atoms with van der Waals surface area (Å²) in [4.78, 5) is 3.98. The second-order valence-corrected chi connectivity index (χ2v) is 5.50. The summed E-state index contributed by atoms with van der Waals surface area (Å²) in [5.41, 5.74) is 14.4. The molecule has 3 heteroatoms. The molecule has 0 aliphatic rings. The average molecular weight is 271 g/mol. The molecule has 1 heterocycles. The summed E-state index contributed by atoms with van der Waals surface area (Å²) in [6.45, 7) is 8.59. The van der Waals surface area contributed by atoms with Crippen molar-refractivity contribution in [1.82, 2.24) is 4.98 Å². The van der Waals surface area contributed by atoms with Gasteiger partial charge in [-0.3, -0.25) is 0 Å². The zero-order chi connectivity index (χ0) is 15.1. The van der Waals surface area contributed by atoms with Crippen LogP contribution < -0.4 is 11.5 Å². The molecule has 0 amide bonds. The van der Waals surface area contributed by atoms with E-state index in [4.69, 9.17) is 11.5 Å². The molecule has 0 atom stereocenters. The van der Waals surface area contributed by atoms with Gasteiger partial charge in [0, 0.05) is 11.9 Å². The van der Waals surface area contributed by atoms with Gasteiger partial charge in [0.05, 0.1) is 0 Å². The Labute approximate surface area is 122 Å². The Morgan fingerprint density at radius 3 is 1.90 bits per heavy atom. The van der Waals surface area contributed by atoms with Crippen LogP contribution in [0.3, 0.4) is 0 Å². The topological polar surface area (TPSA) is 64.9 Å². The lowest BCUT2D eigenvalue weighted by molar-refractivity contribution is 0.859. The third kappa shape index (κ3) is 5.31. The van der Waals surface area contributed by atoms with E-state index in [1.807, 2.05) is 36.5 Å². The van der Waals surface area contributed by atoms with Gasteiger partial charge in [-0.15, -0.1) is 0 Å². The highest BCUT2D eigenvalue weighted by atomic mass is 14.8. The average Bonchev–Trinajstić information content (AvgIpc) is 2.40. The molecule has 4 N–H and O–H groups in total. The van der Waals surface area contributed by atoms with E-state index in [2.05, 4.69) is 38.7 Å². The molecule has 3 nitrogen and oxygen atoms in total. The Hall–Kier alpha value is -2.03. The van der Waals surface area contributed by atoms with Crippen molar-refractivity contribution in [2.45, 2.75) is 39.5 Å². The third-order valence-corrected chi connectivity index (χ3v) is 3.05. The molecule has 108 valence electrons. The summed E-state index contributed by atoms with van der Waals surface area (Å²) in [5.74, 6) is 1.70. The first kappa shape index (κ1) is 16.0. The maximum Gasteiger partial charge on any atom is 0.123 e. The van der Waals surface area contributed by atoms with Crippen molar-refractivity contribution in [2.75, 3.05) is 11.5 Å². The van der Waals surface area contributed by atoms with Crippen LogP contribution in [0, 0.1) is 0 Å². The Balaban J connectivity index is 0.000000200. The summed E-state index contributed by atoms with van der Waals surface area (Å²) in [5, 5.41) is 0. The Bertz CT molecular complexity index is 516. The van der Waals surface area contributed by atoms with Crippen molar-refractivity contribution in [3.8, 4) is 0 Å². The van der Waals surface area contributed by atoms with Crippen molar-refractivity contribution < 1.29 is 0 Å². The number of anilines is 2. The zero-order valence-electron chi connectivity index (χ0n) is 12.8. The fraction of sp³-hybridized carbons (Fsp3) is 0.353. The van der Waals surface area contributed by atoms with Crippen molar-refractivity contribution in [3.05, 3.63) is 53.7 Å². The number of nitrogens with two attached hydrogens (primary N) is 2. The number of nitrogen functional groups attached to an aromatic ring is 2. The molecular weight excluding hydrogens is 246 g/mol. The van der Waals surface area contributed by atoms with E-state index >= 15 is 0 Å². The number of pyridine rings is 1. The molecule has 0 aliphatic carbocycles. The summed E-state index contributed by atoms with van der Waals surface area (Å²) in [6, 6.07) is 11.9. The standard InChI is InChI=1S/C9H13N.C8H12N2/c1-7(2)8-4-3-5-9(10)6-8;1-6(2)7-3-4-8(9)10-5-7/h3-7H,10H2,1-2H3;3-6H,1-2H3,(H2,9,10). The van der Waals surface area contributed by atoms with Crippen LogP contribution in [0.2, 0.25) is 0 Å². The quantitative estimate of drug-likeness (QED) is 0.805. The molecule has 1 aromatic carbocycles. The van der Waals surface area contributed by atoms with Crippen LogP contribution in [0.4, 0.5) is 11.5 Å². The molecule has 0 fully saturated rings. The first-order chi connectivity index (χ1) is 9.40. The minimum absolute atomic E-state index is 0.535. The molecular formula is C17H25N3. The van der Waals surface area contributed by atoms with E-state index in [1.54, 1.807) is 0 Å². The van der Waals surface area contributed by atoms with Crippen LogP contribution in [0.5, 0.6) is 0 Å². The lowest BCUT2D eigenvalue weighted by Gasteiger charge is -2.04. The number of benzene rings is 1. The summed E-state index contributed by atoms with van der Waals surface area (Å²) in [7, 11) is 0. The van der Waals surface area contributed by atoms with Crippen LogP contribution in [-0.4, -0.2) is 4.98 Å². The van der Waals surface area contributed by atoms with Crippen LogP contribution in [0.1, 0.15) is 50.7 Å². The molecule has 1 aromatic heterocycles. The SMILES string of the molecule is CC(C)c1ccc(N)nc1.CC(C)c1cccc(N)c1. The van der Waals surface area contributed by atoms with E-state index in [1.165, 1.54) is 11.1 Å². The molecule has 0 aliphatic heterocycles. The van der Waals surface area contributed by atoms with Gasteiger partial charge in [0.1, 0.15) is 5.82 Å². The predicted octanol–water partition coefficient (Wildman–Crippen LogP) is 4.18. The second-order valence-electron chi connectivity index (χ2n) is 5.50. The normalized spacial score (nSPS) is 10.3.